The summed E-state index contributed by atoms with van der Waals surface area (Å²) in [6, 6.07) is 0.775. The molecule has 14 heavy (non-hydrogen) atoms. The maximum Gasteiger partial charge on any atom is 0.0701 e. The Labute approximate surface area is 85.9 Å². The second-order valence-electron chi connectivity index (χ2n) is 3.45. The van der Waals surface area contributed by atoms with E-state index in [9.17, 15) is 0 Å². The second-order valence-corrected chi connectivity index (χ2v) is 3.45. The van der Waals surface area contributed by atoms with E-state index in [2.05, 4.69) is 5.32 Å². The Balaban J connectivity index is 1.63. The van der Waals surface area contributed by atoms with Crippen LogP contribution in [-0.4, -0.2) is 52.7 Å². The van der Waals surface area contributed by atoms with E-state index in [4.69, 9.17) is 14.2 Å². The summed E-state index contributed by atoms with van der Waals surface area (Å²) >= 11 is 0. The molecule has 1 rings (SSSR count). The molecular weight excluding hydrogens is 182 g/mol. The van der Waals surface area contributed by atoms with Crippen LogP contribution in [0.5, 0.6) is 0 Å². The fraction of sp³-hybridized carbons (Fsp3) is 1.00. The number of nitrogens with one attached hydrogen (secondary N) is 1. The third kappa shape index (κ3) is 7.26. The molecule has 0 saturated heterocycles. The largest absolute Gasteiger partial charge is 0.382 e. The van der Waals surface area contributed by atoms with Crippen molar-refractivity contribution < 1.29 is 14.2 Å². The monoisotopic (exact) mass is 203 g/mol. The third-order valence-electron chi connectivity index (χ3n) is 2.06. The Morgan fingerprint density at radius 2 is 1.64 bits per heavy atom. The minimum absolute atomic E-state index is 0.653. The van der Waals surface area contributed by atoms with Gasteiger partial charge in [-0.15, -0.1) is 0 Å². The van der Waals surface area contributed by atoms with Gasteiger partial charge in [0.15, 0.2) is 0 Å². The van der Waals surface area contributed by atoms with Gasteiger partial charge in [-0.2, -0.15) is 0 Å². The molecule has 1 aliphatic carbocycles. The molecule has 0 heterocycles. The Morgan fingerprint density at radius 3 is 2.29 bits per heavy atom. The Bertz CT molecular complexity index is 129. The van der Waals surface area contributed by atoms with Crippen molar-refractivity contribution in [3.63, 3.8) is 0 Å². The van der Waals surface area contributed by atoms with Crippen molar-refractivity contribution in [3.8, 4) is 0 Å². The highest BCUT2D eigenvalue weighted by atomic mass is 16.5. The number of hydrogen-bond donors (Lipinski definition) is 1. The zero-order valence-corrected chi connectivity index (χ0v) is 8.96. The molecule has 0 atom stereocenters. The summed E-state index contributed by atoms with van der Waals surface area (Å²) in [5, 5.41) is 3.38. The predicted octanol–water partition coefficient (Wildman–Crippen LogP) is 0.418. The molecule has 4 heteroatoms. The predicted molar refractivity (Wildman–Crippen MR) is 54.5 cm³/mol. The van der Waals surface area contributed by atoms with Crippen molar-refractivity contribution in [1.29, 1.82) is 0 Å². The van der Waals surface area contributed by atoms with Gasteiger partial charge >= 0.3 is 0 Å². The van der Waals surface area contributed by atoms with Gasteiger partial charge in [0.05, 0.1) is 33.0 Å². The van der Waals surface area contributed by atoms with Crippen LogP contribution in [0.2, 0.25) is 0 Å². The van der Waals surface area contributed by atoms with E-state index in [1.54, 1.807) is 7.11 Å². The van der Waals surface area contributed by atoms with Gasteiger partial charge < -0.3 is 19.5 Å². The first-order chi connectivity index (χ1) is 6.93. The standard InChI is InChI=1S/C10H21NO3/c1-12-6-7-14-9-8-13-5-4-11-10-2-3-10/h10-11H,2-9H2,1H3. The zero-order valence-electron chi connectivity index (χ0n) is 8.96. The lowest BCUT2D eigenvalue weighted by Crippen LogP contribution is -2.22. The van der Waals surface area contributed by atoms with Crippen LogP contribution in [0.1, 0.15) is 12.8 Å². The molecule has 4 nitrogen and oxygen atoms in total. The van der Waals surface area contributed by atoms with E-state index in [0.29, 0.717) is 26.4 Å². The number of rotatable bonds is 10. The third-order valence-corrected chi connectivity index (χ3v) is 2.06. The van der Waals surface area contributed by atoms with Crippen LogP contribution < -0.4 is 5.32 Å². The summed E-state index contributed by atoms with van der Waals surface area (Å²) in [5.74, 6) is 0. The van der Waals surface area contributed by atoms with E-state index in [-0.39, 0.29) is 0 Å². The summed E-state index contributed by atoms with van der Waals surface area (Å²) in [7, 11) is 1.67. The zero-order chi connectivity index (χ0) is 10.1. The van der Waals surface area contributed by atoms with E-state index < -0.39 is 0 Å². The average molecular weight is 203 g/mol. The first kappa shape index (κ1) is 11.9. The minimum Gasteiger partial charge on any atom is -0.382 e. The van der Waals surface area contributed by atoms with Crippen molar-refractivity contribution >= 4 is 0 Å². The normalized spacial score (nSPS) is 16.1. The van der Waals surface area contributed by atoms with Crippen molar-refractivity contribution in [2.24, 2.45) is 0 Å². The highest BCUT2D eigenvalue weighted by molar-refractivity contribution is 4.80. The topological polar surface area (TPSA) is 39.7 Å². The van der Waals surface area contributed by atoms with Crippen molar-refractivity contribution in [2.75, 3.05) is 46.7 Å². The first-order valence-corrected chi connectivity index (χ1v) is 5.31. The minimum atomic E-state index is 0.653. The maximum absolute atomic E-state index is 5.36. The van der Waals surface area contributed by atoms with Gasteiger partial charge in [0.25, 0.3) is 0 Å². The summed E-state index contributed by atoms with van der Waals surface area (Å²) in [6.45, 7) is 4.39. The van der Waals surface area contributed by atoms with E-state index in [0.717, 1.165) is 19.2 Å². The number of methoxy groups -OCH3 is 1. The summed E-state index contributed by atoms with van der Waals surface area (Å²) in [5.41, 5.74) is 0. The Morgan fingerprint density at radius 1 is 1.00 bits per heavy atom. The van der Waals surface area contributed by atoms with Crippen molar-refractivity contribution in [2.45, 2.75) is 18.9 Å². The number of hydrogen-bond acceptors (Lipinski definition) is 4. The highest BCUT2D eigenvalue weighted by Crippen LogP contribution is 2.17. The highest BCUT2D eigenvalue weighted by Gasteiger charge is 2.19. The fourth-order valence-electron chi connectivity index (χ4n) is 1.09. The fourth-order valence-corrected chi connectivity index (χ4v) is 1.09. The maximum atomic E-state index is 5.36. The van der Waals surface area contributed by atoms with Crippen LogP contribution in [0.3, 0.4) is 0 Å². The van der Waals surface area contributed by atoms with Gasteiger partial charge in [-0.05, 0) is 12.8 Å². The Hall–Kier alpha value is -0.160. The van der Waals surface area contributed by atoms with Gasteiger partial charge in [0.1, 0.15) is 0 Å². The Kier molecular flexibility index (Phi) is 6.95. The van der Waals surface area contributed by atoms with Gasteiger partial charge in [0.2, 0.25) is 0 Å². The summed E-state index contributed by atoms with van der Waals surface area (Å²) in [6.07, 6.45) is 2.67. The molecular formula is C10H21NO3. The molecule has 1 saturated carbocycles. The molecule has 1 N–H and O–H groups in total. The van der Waals surface area contributed by atoms with Gasteiger partial charge in [-0.25, -0.2) is 0 Å². The van der Waals surface area contributed by atoms with Crippen molar-refractivity contribution in [1.82, 2.24) is 5.32 Å². The molecule has 0 aliphatic heterocycles. The molecule has 1 fully saturated rings. The lowest BCUT2D eigenvalue weighted by atomic mass is 10.6. The van der Waals surface area contributed by atoms with Crippen LogP contribution >= 0.6 is 0 Å². The smallest absolute Gasteiger partial charge is 0.0701 e. The van der Waals surface area contributed by atoms with Crippen molar-refractivity contribution in [3.05, 3.63) is 0 Å². The lowest BCUT2D eigenvalue weighted by molar-refractivity contribution is 0.0255. The van der Waals surface area contributed by atoms with Crippen LogP contribution in [0.4, 0.5) is 0 Å². The molecule has 0 aromatic carbocycles. The molecule has 0 bridgehead atoms. The molecule has 0 aromatic heterocycles. The van der Waals surface area contributed by atoms with Gasteiger partial charge in [0, 0.05) is 19.7 Å². The van der Waals surface area contributed by atoms with Crippen LogP contribution in [0.25, 0.3) is 0 Å². The van der Waals surface area contributed by atoms with E-state index >= 15 is 0 Å². The lowest BCUT2D eigenvalue weighted by Gasteiger charge is -2.05. The van der Waals surface area contributed by atoms with Crippen LogP contribution in [-0.2, 0) is 14.2 Å². The molecule has 0 aromatic rings. The molecule has 1 aliphatic rings. The average Bonchev–Trinajstić information content (AvgIpc) is 2.99. The second kappa shape index (κ2) is 8.17. The van der Waals surface area contributed by atoms with E-state index in [1.807, 2.05) is 0 Å². The van der Waals surface area contributed by atoms with Crippen LogP contribution in [0.15, 0.2) is 0 Å². The van der Waals surface area contributed by atoms with Gasteiger partial charge in [-0.1, -0.05) is 0 Å². The van der Waals surface area contributed by atoms with Gasteiger partial charge in [-0.3, -0.25) is 0 Å². The molecule has 84 valence electrons. The van der Waals surface area contributed by atoms with Crippen LogP contribution in [0, 0.1) is 0 Å². The molecule has 0 amide bonds. The first-order valence-electron chi connectivity index (χ1n) is 5.31. The van der Waals surface area contributed by atoms with E-state index in [1.165, 1.54) is 12.8 Å². The quantitative estimate of drug-likeness (QED) is 0.522. The molecule has 0 radical (unpaired) electrons. The SMILES string of the molecule is COCCOCCOCCNC1CC1. The summed E-state index contributed by atoms with van der Waals surface area (Å²) < 4.78 is 15.5. The molecule has 0 spiro atoms. The number of ether oxygens (including phenoxy) is 3. The summed E-state index contributed by atoms with van der Waals surface area (Å²) in [4.78, 5) is 0. The molecule has 0 unspecified atom stereocenters.